The first kappa shape index (κ1) is 15.6. The minimum absolute atomic E-state index is 0.0356. The minimum Gasteiger partial charge on any atom is -0.394 e. The Morgan fingerprint density at radius 2 is 2.30 bits per heavy atom. The van der Waals surface area contributed by atoms with E-state index in [1.165, 1.54) is 19.4 Å². The van der Waals surface area contributed by atoms with Crippen molar-refractivity contribution >= 4 is 16.9 Å². The molecule has 23 heavy (non-hydrogen) atoms. The zero-order chi connectivity index (χ0) is 16.8. The molecular formula is C14H17N5O4. The second-order valence-corrected chi connectivity index (χ2v) is 5.76. The van der Waals surface area contributed by atoms with Gasteiger partial charge in [-0.05, 0) is 6.92 Å². The molecule has 3 heterocycles. The molecule has 0 spiro atoms. The molecule has 1 unspecified atom stereocenters. The number of ether oxygens (including phenoxy) is 1. The molecule has 0 aromatic carbocycles. The van der Waals surface area contributed by atoms with Gasteiger partial charge in [-0.15, -0.1) is 0 Å². The Balaban J connectivity index is 2.14. The Morgan fingerprint density at radius 1 is 1.57 bits per heavy atom. The number of nitriles is 1. The molecule has 3 rings (SSSR count). The number of aliphatic hydroxyl groups excluding tert-OH is 2. The third kappa shape index (κ3) is 2.24. The van der Waals surface area contributed by atoms with Gasteiger partial charge in [0.25, 0.3) is 0 Å². The Kier molecular flexibility index (Phi) is 3.69. The van der Waals surface area contributed by atoms with Crippen LogP contribution in [-0.4, -0.2) is 60.9 Å². The van der Waals surface area contributed by atoms with Gasteiger partial charge in [0.2, 0.25) is 0 Å². The average Bonchev–Trinajstić information content (AvgIpc) is 2.90. The predicted octanol–water partition coefficient (Wildman–Crippen LogP) is -1.07. The van der Waals surface area contributed by atoms with Gasteiger partial charge in [0, 0.05) is 6.20 Å². The number of nitrogens with zero attached hydrogens (tertiary/aromatic N) is 4. The predicted molar refractivity (Wildman–Crippen MR) is 79.1 cm³/mol. The van der Waals surface area contributed by atoms with Crippen LogP contribution < -0.4 is 5.73 Å². The van der Waals surface area contributed by atoms with Gasteiger partial charge in [-0.1, -0.05) is 0 Å². The van der Waals surface area contributed by atoms with Gasteiger partial charge >= 0.3 is 0 Å². The molecule has 0 radical (unpaired) electrons. The third-order valence-electron chi connectivity index (χ3n) is 4.37. The highest BCUT2D eigenvalue weighted by molar-refractivity contribution is 5.92. The second kappa shape index (κ2) is 5.43. The molecule has 1 saturated heterocycles. The second-order valence-electron chi connectivity index (χ2n) is 5.76. The molecule has 122 valence electrons. The van der Waals surface area contributed by atoms with Gasteiger partial charge in [0.05, 0.1) is 30.2 Å². The summed E-state index contributed by atoms with van der Waals surface area (Å²) in [4.78, 5) is 8.02. The summed E-state index contributed by atoms with van der Waals surface area (Å²) in [6, 6.07) is 1.31. The number of aliphatic hydroxyl groups is 3. The van der Waals surface area contributed by atoms with Crippen LogP contribution in [0.1, 0.15) is 18.5 Å². The van der Waals surface area contributed by atoms with E-state index in [9.17, 15) is 20.6 Å². The minimum atomic E-state index is -1.59. The Labute approximate surface area is 131 Å². The Bertz CT molecular complexity index is 781. The fraction of sp³-hybridized carbons (Fsp3) is 0.500. The quantitative estimate of drug-likeness (QED) is 0.546. The smallest absolute Gasteiger partial charge is 0.147 e. The van der Waals surface area contributed by atoms with Crippen LogP contribution in [0.25, 0.3) is 11.0 Å². The standard InChI is InChI=1S/C14H17N5O4/c1-14(22)9(5-23-8(4-20)11(14)21)19-3-7(2-15)10-12(16)17-6-18-13(10)19/h3,6,8-9,11,20-22H,4-5H2,1H3,(H2,16,17,18)/t8-,9?,11-,14+/m1/s1. The lowest BCUT2D eigenvalue weighted by Gasteiger charge is -2.45. The lowest BCUT2D eigenvalue weighted by Crippen LogP contribution is -2.59. The van der Waals surface area contributed by atoms with Crippen molar-refractivity contribution in [1.29, 1.82) is 5.26 Å². The number of fused-ring (bicyclic) bond motifs is 1. The van der Waals surface area contributed by atoms with E-state index in [1.54, 1.807) is 4.57 Å². The van der Waals surface area contributed by atoms with E-state index in [1.807, 2.05) is 6.07 Å². The number of nitrogen functional groups attached to an aromatic ring is 1. The summed E-state index contributed by atoms with van der Waals surface area (Å²) in [5.74, 6) is 0.162. The Hall–Kier alpha value is -2.25. The van der Waals surface area contributed by atoms with Crippen molar-refractivity contribution in [3.05, 3.63) is 18.1 Å². The highest BCUT2D eigenvalue weighted by atomic mass is 16.5. The highest BCUT2D eigenvalue weighted by Crippen LogP contribution is 2.37. The molecule has 0 aliphatic carbocycles. The largest absolute Gasteiger partial charge is 0.394 e. The van der Waals surface area contributed by atoms with Gasteiger partial charge in [-0.25, -0.2) is 9.97 Å². The van der Waals surface area contributed by atoms with Crippen LogP contribution in [0.5, 0.6) is 0 Å². The van der Waals surface area contributed by atoms with E-state index in [-0.39, 0.29) is 18.0 Å². The zero-order valence-electron chi connectivity index (χ0n) is 12.4. The van der Waals surface area contributed by atoms with Crippen molar-refractivity contribution in [3.63, 3.8) is 0 Å². The summed E-state index contributed by atoms with van der Waals surface area (Å²) in [6.07, 6.45) is 0.594. The van der Waals surface area contributed by atoms with Gasteiger partial charge in [0.1, 0.15) is 41.7 Å². The SMILES string of the molecule is C[C@]1(O)C(n2cc(C#N)c3c(N)ncnc32)CO[C@H](CO)[C@H]1O. The van der Waals surface area contributed by atoms with Crippen molar-refractivity contribution < 1.29 is 20.1 Å². The fourth-order valence-electron chi connectivity index (χ4n) is 2.99. The van der Waals surface area contributed by atoms with Gasteiger partial charge < -0.3 is 30.4 Å². The number of hydrogen-bond acceptors (Lipinski definition) is 8. The van der Waals surface area contributed by atoms with Crippen LogP contribution >= 0.6 is 0 Å². The van der Waals surface area contributed by atoms with Crippen molar-refractivity contribution in [2.45, 2.75) is 30.8 Å². The maximum Gasteiger partial charge on any atom is 0.147 e. The van der Waals surface area contributed by atoms with Crippen molar-refractivity contribution in [3.8, 4) is 6.07 Å². The maximum atomic E-state index is 10.7. The average molecular weight is 319 g/mol. The first-order chi connectivity index (χ1) is 10.9. The molecule has 0 bridgehead atoms. The summed E-state index contributed by atoms with van der Waals surface area (Å²) in [7, 11) is 0. The molecule has 9 nitrogen and oxygen atoms in total. The summed E-state index contributed by atoms with van der Waals surface area (Å²) < 4.78 is 6.98. The monoisotopic (exact) mass is 319 g/mol. The molecule has 1 aliphatic heterocycles. The molecule has 1 fully saturated rings. The van der Waals surface area contributed by atoms with E-state index in [4.69, 9.17) is 10.5 Å². The van der Waals surface area contributed by atoms with Gasteiger partial charge in [0.15, 0.2) is 0 Å². The van der Waals surface area contributed by atoms with Crippen LogP contribution in [0.2, 0.25) is 0 Å². The number of rotatable bonds is 2. The number of hydrogen-bond donors (Lipinski definition) is 4. The van der Waals surface area contributed by atoms with Crippen LogP contribution in [0, 0.1) is 11.3 Å². The lowest BCUT2D eigenvalue weighted by atomic mass is 9.85. The summed E-state index contributed by atoms with van der Waals surface area (Å²) in [5, 5.41) is 39.9. The van der Waals surface area contributed by atoms with E-state index in [2.05, 4.69) is 9.97 Å². The molecule has 9 heteroatoms. The van der Waals surface area contributed by atoms with E-state index in [0.717, 1.165) is 0 Å². The van der Waals surface area contributed by atoms with Gasteiger partial charge in [-0.3, -0.25) is 0 Å². The Morgan fingerprint density at radius 3 is 2.96 bits per heavy atom. The summed E-state index contributed by atoms with van der Waals surface area (Å²) >= 11 is 0. The topological polar surface area (TPSA) is 150 Å². The first-order valence-electron chi connectivity index (χ1n) is 7.05. The normalized spacial score (nSPS) is 31.2. The van der Waals surface area contributed by atoms with Gasteiger partial charge in [-0.2, -0.15) is 5.26 Å². The van der Waals surface area contributed by atoms with Crippen molar-refractivity contribution in [2.75, 3.05) is 18.9 Å². The zero-order valence-corrected chi connectivity index (χ0v) is 12.4. The number of aromatic nitrogens is 3. The van der Waals surface area contributed by atoms with Crippen LogP contribution in [-0.2, 0) is 4.74 Å². The molecule has 2 aromatic heterocycles. The van der Waals surface area contributed by atoms with E-state index < -0.39 is 30.5 Å². The molecule has 2 aromatic rings. The van der Waals surface area contributed by atoms with E-state index >= 15 is 0 Å². The van der Waals surface area contributed by atoms with Crippen LogP contribution in [0.4, 0.5) is 5.82 Å². The molecule has 0 saturated carbocycles. The first-order valence-corrected chi connectivity index (χ1v) is 7.05. The summed E-state index contributed by atoms with van der Waals surface area (Å²) in [5.41, 5.74) is 4.87. The summed E-state index contributed by atoms with van der Waals surface area (Å²) in [6.45, 7) is 1.08. The van der Waals surface area contributed by atoms with Crippen LogP contribution in [0.15, 0.2) is 12.5 Å². The fourth-order valence-corrected chi connectivity index (χ4v) is 2.99. The number of nitrogens with two attached hydrogens (primary N) is 1. The molecule has 0 amide bonds. The van der Waals surface area contributed by atoms with Crippen molar-refractivity contribution in [1.82, 2.24) is 14.5 Å². The van der Waals surface area contributed by atoms with E-state index in [0.29, 0.717) is 11.0 Å². The van der Waals surface area contributed by atoms with Crippen molar-refractivity contribution in [2.24, 2.45) is 0 Å². The molecule has 4 atom stereocenters. The number of anilines is 1. The molecule has 1 aliphatic rings. The third-order valence-corrected chi connectivity index (χ3v) is 4.37. The van der Waals surface area contributed by atoms with Crippen LogP contribution in [0.3, 0.4) is 0 Å². The molecule has 5 N–H and O–H groups in total. The maximum absolute atomic E-state index is 10.7. The lowest BCUT2D eigenvalue weighted by molar-refractivity contribution is -0.214. The highest BCUT2D eigenvalue weighted by Gasteiger charge is 2.49. The molecular weight excluding hydrogens is 302 g/mol.